The molecule has 1 aliphatic heterocycles. The van der Waals surface area contributed by atoms with E-state index in [0.717, 1.165) is 23.0 Å². The van der Waals surface area contributed by atoms with E-state index in [1.165, 1.54) is 10.5 Å². The average molecular weight is 292 g/mol. The Morgan fingerprint density at radius 2 is 2.00 bits per heavy atom. The number of thioether (sulfide) groups is 1. The number of rotatable bonds is 4. The molecule has 2 rings (SSSR count). The fraction of sp³-hybridized carbons (Fsp3) is 0.467. The molecule has 1 aromatic rings. The Kier molecular flexibility index (Phi) is 4.38. The zero-order valence-corrected chi connectivity index (χ0v) is 13.1. The van der Waals surface area contributed by atoms with Crippen LogP contribution in [0.15, 0.2) is 18.2 Å². The molecule has 1 N–H and O–H groups in total. The van der Waals surface area contributed by atoms with Crippen LogP contribution in [-0.2, 0) is 4.79 Å². The van der Waals surface area contributed by atoms with E-state index in [0.29, 0.717) is 6.54 Å². The second-order valence-corrected chi connectivity index (χ2v) is 6.63. The second-order valence-electron chi connectivity index (χ2n) is 5.57. The van der Waals surface area contributed by atoms with Crippen LogP contribution in [0.2, 0.25) is 0 Å². The van der Waals surface area contributed by atoms with Crippen LogP contribution in [0, 0.1) is 19.8 Å². The first kappa shape index (κ1) is 14.9. The number of nitrogens with zero attached hydrogens (tertiary/aromatic N) is 1. The lowest BCUT2D eigenvalue weighted by atomic mass is 10.1. The fourth-order valence-corrected chi connectivity index (χ4v) is 3.09. The van der Waals surface area contributed by atoms with Crippen molar-refractivity contribution in [3.8, 4) is 0 Å². The minimum atomic E-state index is -0.511. The Balaban J connectivity index is 2.11. The van der Waals surface area contributed by atoms with Crippen LogP contribution in [0.5, 0.6) is 0 Å². The molecule has 4 nitrogen and oxygen atoms in total. The van der Waals surface area contributed by atoms with Crippen molar-refractivity contribution < 1.29 is 9.59 Å². The minimum absolute atomic E-state index is 0.145. The first-order valence-electron chi connectivity index (χ1n) is 6.74. The summed E-state index contributed by atoms with van der Waals surface area (Å²) in [6.07, 6.45) is 0. The zero-order valence-electron chi connectivity index (χ0n) is 12.3. The molecule has 1 fully saturated rings. The van der Waals surface area contributed by atoms with E-state index in [9.17, 15) is 9.59 Å². The monoisotopic (exact) mass is 292 g/mol. The van der Waals surface area contributed by atoms with Crippen LogP contribution in [0.1, 0.15) is 25.0 Å². The van der Waals surface area contributed by atoms with E-state index in [-0.39, 0.29) is 17.1 Å². The molecular weight excluding hydrogens is 272 g/mol. The molecule has 1 heterocycles. The first-order chi connectivity index (χ1) is 9.38. The highest BCUT2D eigenvalue weighted by atomic mass is 32.2. The summed E-state index contributed by atoms with van der Waals surface area (Å²) in [6.45, 7) is 8.50. The Labute approximate surface area is 123 Å². The van der Waals surface area contributed by atoms with Gasteiger partial charge in [0, 0.05) is 12.2 Å². The van der Waals surface area contributed by atoms with Crippen LogP contribution >= 0.6 is 11.8 Å². The summed E-state index contributed by atoms with van der Waals surface area (Å²) >= 11 is 1.06. The summed E-state index contributed by atoms with van der Waals surface area (Å²) in [7, 11) is 0. The van der Waals surface area contributed by atoms with Crippen molar-refractivity contribution in [1.82, 2.24) is 4.90 Å². The molecule has 20 heavy (non-hydrogen) atoms. The normalized spacial score (nSPS) is 19.1. The van der Waals surface area contributed by atoms with Crippen molar-refractivity contribution in [3.63, 3.8) is 0 Å². The molecule has 2 amide bonds. The average Bonchev–Trinajstić information content (AvgIpc) is 2.60. The Hall–Kier alpha value is -1.49. The Morgan fingerprint density at radius 1 is 1.30 bits per heavy atom. The molecule has 0 saturated carbocycles. The zero-order chi connectivity index (χ0) is 14.9. The summed E-state index contributed by atoms with van der Waals surface area (Å²) in [5.41, 5.74) is 3.16. The Bertz CT molecular complexity index is 543. The molecule has 1 aliphatic rings. The van der Waals surface area contributed by atoms with Crippen LogP contribution in [-0.4, -0.2) is 28.0 Å². The maximum absolute atomic E-state index is 12.3. The van der Waals surface area contributed by atoms with Crippen LogP contribution in [0.25, 0.3) is 0 Å². The summed E-state index contributed by atoms with van der Waals surface area (Å²) < 4.78 is 0. The lowest BCUT2D eigenvalue weighted by Crippen LogP contribution is -2.36. The summed E-state index contributed by atoms with van der Waals surface area (Å²) in [5.74, 6) is 0.136. The van der Waals surface area contributed by atoms with Gasteiger partial charge in [-0.1, -0.05) is 31.5 Å². The smallest absolute Gasteiger partial charge is 0.290 e. The molecule has 0 bridgehead atoms. The van der Waals surface area contributed by atoms with Gasteiger partial charge in [-0.25, -0.2) is 0 Å². The number of hydrogen-bond donors (Lipinski definition) is 1. The predicted molar refractivity (Wildman–Crippen MR) is 82.9 cm³/mol. The van der Waals surface area contributed by atoms with E-state index < -0.39 is 5.37 Å². The summed E-state index contributed by atoms with van der Waals surface area (Å²) in [4.78, 5) is 25.5. The topological polar surface area (TPSA) is 49.4 Å². The minimum Gasteiger partial charge on any atom is -0.365 e. The highest BCUT2D eigenvalue weighted by Crippen LogP contribution is 2.30. The number of nitrogens with one attached hydrogen (secondary N) is 1. The molecule has 1 aromatic carbocycles. The predicted octanol–water partition coefficient (Wildman–Crippen LogP) is 3.39. The van der Waals surface area contributed by atoms with Gasteiger partial charge in [0.15, 0.2) is 5.37 Å². The van der Waals surface area contributed by atoms with Crippen molar-refractivity contribution in [2.75, 3.05) is 11.9 Å². The van der Waals surface area contributed by atoms with Gasteiger partial charge in [-0.15, -0.1) is 0 Å². The maximum atomic E-state index is 12.3. The molecular formula is C15H20N2O2S. The lowest BCUT2D eigenvalue weighted by molar-refractivity contribution is -0.126. The van der Waals surface area contributed by atoms with Crippen molar-refractivity contribution >= 4 is 28.6 Å². The summed E-state index contributed by atoms with van der Waals surface area (Å²) in [5, 5.41) is 2.50. The number of anilines is 1. The van der Waals surface area contributed by atoms with E-state index in [4.69, 9.17) is 0 Å². The van der Waals surface area contributed by atoms with E-state index in [2.05, 4.69) is 11.4 Å². The number of imide groups is 1. The van der Waals surface area contributed by atoms with Gasteiger partial charge in [0.25, 0.3) is 11.1 Å². The number of carbonyl (C=O) groups excluding carboxylic acids is 2. The molecule has 0 spiro atoms. The van der Waals surface area contributed by atoms with Crippen LogP contribution < -0.4 is 5.32 Å². The molecule has 0 aliphatic carbocycles. The van der Waals surface area contributed by atoms with Gasteiger partial charge in [0.1, 0.15) is 0 Å². The van der Waals surface area contributed by atoms with Gasteiger partial charge in [0.05, 0.1) is 0 Å². The Morgan fingerprint density at radius 3 is 2.60 bits per heavy atom. The summed E-state index contributed by atoms with van der Waals surface area (Å²) in [6, 6.07) is 6.00. The van der Waals surface area contributed by atoms with Gasteiger partial charge in [0.2, 0.25) is 0 Å². The largest absolute Gasteiger partial charge is 0.365 e. The molecule has 0 unspecified atom stereocenters. The standard InChI is InChI=1S/C15H20N2O2S/c1-9(2)8-17-14(18)13(20-15(17)19)16-12-6-5-10(3)7-11(12)4/h5-7,9,13,16H,8H2,1-4H3/t13-/m1/s1. The van der Waals surface area contributed by atoms with Crippen molar-refractivity contribution in [2.24, 2.45) is 5.92 Å². The third kappa shape index (κ3) is 3.15. The van der Waals surface area contributed by atoms with E-state index >= 15 is 0 Å². The molecule has 5 heteroatoms. The molecule has 108 valence electrons. The number of benzene rings is 1. The second kappa shape index (κ2) is 5.87. The molecule has 1 atom stereocenters. The first-order valence-corrected chi connectivity index (χ1v) is 7.62. The molecule has 1 saturated heterocycles. The van der Waals surface area contributed by atoms with Gasteiger partial charge >= 0.3 is 0 Å². The fourth-order valence-electron chi connectivity index (χ4n) is 2.18. The van der Waals surface area contributed by atoms with Crippen molar-refractivity contribution in [2.45, 2.75) is 33.1 Å². The highest BCUT2D eigenvalue weighted by Gasteiger charge is 2.39. The third-order valence-electron chi connectivity index (χ3n) is 3.15. The maximum Gasteiger partial charge on any atom is 0.290 e. The van der Waals surface area contributed by atoms with Crippen molar-refractivity contribution in [1.29, 1.82) is 0 Å². The van der Waals surface area contributed by atoms with E-state index in [1.807, 2.05) is 39.8 Å². The van der Waals surface area contributed by atoms with Crippen LogP contribution in [0.4, 0.5) is 10.5 Å². The van der Waals surface area contributed by atoms with Crippen molar-refractivity contribution in [3.05, 3.63) is 29.3 Å². The van der Waals surface area contributed by atoms with Gasteiger partial charge in [-0.3, -0.25) is 14.5 Å². The molecule has 0 radical (unpaired) electrons. The number of carbonyl (C=O) groups is 2. The molecule has 0 aromatic heterocycles. The lowest BCUT2D eigenvalue weighted by Gasteiger charge is -2.17. The SMILES string of the molecule is Cc1ccc(N[C@@H]2SC(=O)N(CC(C)C)C2=O)c(C)c1. The number of hydrogen-bond acceptors (Lipinski definition) is 4. The number of aryl methyl sites for hydroxylation is 2. The van der Waals surface area contributed by atoms with E-state index in [1.54, 1.807) is 0 Å². The van der Waals surface area contributed by atoms with Crippen LogP contribution in [0.3, 0.4) is 0 Å². The highest BCUT2D eigenvalue weighted by molar-refractivity contribution is 8.15. The van der Waals surface area contributed by atoms with Gasteiger partial charge in [-0.05, 0) is 43.2 Å². The number of amides is 2. The van der Waals surface area contributed by atoms with Gasteiger partial charge < -0.3 is 5.32 Å². The quantitative estimate of drug-likeness (QED) is 0.924. The van der Waals surface area contributed by atoms with Gasteiger partial charge in [-0.2, -0.15) is 0 Å². The third-order valence-corrected chi connectivity index (χ3v) is 4.12.